The average molecular weight is 113 g/mol. The number of nitrogens with zero attached hydrogens (tertiary/aromatic N) is 1. The van der Waals surface area contributed by atoms with Crippen molar-refractivity contribution >= 4 is 5.96 Å². The lowest BCUT2D eigenvalue weighted by molar-refractivity contribution is -0.457. The van der Waals surface area contributed by atoms with Gasteiger partial charge < -0.3 is 0 Å². The minimum Gasteiger partial charge on any atom is -0.291 e. The van der Waals surface area contributed by atoms with E-state index in [1.165, 1.54) is 0 Å². The minimum atomic E-state index is 0.167. The van der Waals surface area contributed by atoms with E-state index in [0.717, 1.165) is 0 Å². The highest BCUT2D eigenvalue weighted by molar-refractivity contribution is 5.69. The molecule has 0 fully saturated rings. The summed E-state index contributed by atoms with van der Waals surface area (Å²) in [4.78, 5) is 2.60. The van der Waals surface area contributed by atoms with Gasteiger partial charge in [0.2, 0.25) is 0 Å². The van der Waals surface area contributed by atoms with Crippen molar-refractivity contribution in [2.75, 3.05) is 6.54 Å². The van der Waals surface area contributed by atoms with Gasteiger partial charge in [0, 0.05) is 0 Å². The molecule has 0 aromatic heterocycles. The average Bonchev–Trinajstić information content (AvgIpc) is 1.66. The Morgan fingerprint density at radius 1 is 1.62 bits per heavy atom. The second kappa shape index (κ2) is 3.93. The second-order valence-corrected chi connectivity index (χ2v) is 1.29. The molecule has 0 saturated heterocycles. The van der Waals surface area contributed by atoms with Crippen molar-refractivity contribution in [3.63, 3.8) is 0 Å². The van der Waals surface area contributed by atoms with Gasteiger partial charge in [0.05, 0.1) is 19.0 Å². The van der Waals surface area contributed by atoms with Crippen LogP contribution in [0.5, 0.6) is 0 Å². The summed E-state index contributed by atoms with van der Waals surface area (Å²) >= 11 is 0. The first-order chi connectivity index (χ1) is 3.77. The van der Waals surface area contributed by atoms with Crippen LogP contribution in [0.25, 0.3) is 0 Å². The summed E-state index contributed by atoms with van der Waals surface area (Å²) < 4.78 is 0. The van der Waals surface area contributed by atoms with Crippen molar-refractivity contribution < 1.29 is 4.99 Å². The van der Waals surface area contributed by atoms with E-state index in [1.807, 2.05) is 6.07 Å². The lowest BCUT2D eigenvalue weighted by Gasteiger charge is -1.80. The first kappa shape index (κ1) is 6.76. The van der Waals surface area contributed by atoms with E-state index in [1.54, 1.807) is 0 Å². The van der Waals surface area contributed by atoms with Crippen molar-refractivity contribution in [2.45, 2.75) is 6.42 Å². The molecule has 0 heterocycles. The summed E-state index contributed by atoms with van der Waals surface area (Å²) in [5, 5.41) is 8.00. The second-order valence-electron chi connectivity index (χ2n) is 1.29. The Labute approximate surface area is 47.8 Å². The first-order valence-electron chi connectivity index (χ1n) is 2.26. The molecule has 0 radical (unpaired) electrons. The van der Waals surface area contributed by atoms with Gasteiger partial charge in [0.1, 0.15) is 0 Å². The fourth-order valence-electron chi connectivity index (χ4n) is 0.263. The van der Waals surface area contributed by atoms with Crippen LogP contribution in [-0.4, -0.2) is 12.5 Å². The highest BCUT2D eigenvalue weighted by Gasteiger charge is 1.83. The normalized spacial score (nSPS) is 7.38. The van der Waals surface area contributed by atoms with Crippen LogP contribution < -0.4 is 16.5 Å². The molecule has 0 aliphatic rings. The number of hydrogen-bond donors (Lipinski definition) is 3. The molecule has 0 bridgehead atoms. The van der Waals surface area contributed by atoms with Crippen molar-refractivity contribution in [1.82, 2.24) is 0 Å². The molecule has 0 atom stereocenters. The Bertz CT molecular complexity index is 116. The van der Waals surface area contributed by atoms with Crippen LogP contribution in [-0.2, 0) is 0 Å². The predicted octanol–water partition coefficient (Wildman–Crippen LogP) is -2.75. The predicted molar refractivity (Wildman–Crippen MR) is 29.4 cm³/mol. The van der Waals surface area contributed by atoms with E-state index >= 15 is 0 Å². The number of hydrogen-bond acceptors (Lipinski definition) is 1. The Hall–Kier alpha value is -1.24. The molecule has 0 aliphatic heterocycles. The molecule has 0 spiro atoms. The zero-order chi connectivity index (χ0) is 6.41. The molecule has 8 heavy (non-hydrogen) atoms. The fraction of sp³-hybridized carbons (Fsp3) is 0.500. The van der Waals surface area contributed by atoms with Crippen molar-refractivity contribution in [3.05, 3.63) is 0 Å². The third-order valence-corrected chi connectivity index (χ3v) is 0.566. The van der Waals surface area contributed by atoms with Crippen LogP contribution in [0.2, 0.25) is 0 Å². The maximum Gasteiger partial charge on any atom is 0.338 e. The van der Waals surface area contributed by atoms with Gasteiger partial charge in [-0.3, -0.25) is 16.5 Å². The van der Waals surface area contributed by atoms with Crippen LogP contribution in [0.3, 0.4) is 0 Å². The Morgan fingerprint density at radius 2 is 2.25 bits per heavy atom. The number of nitrogens with one attached hydrogen (secondary N) is 1. The molecular formula is C4H9N4+. The zero-order valence-corrected chi connectivity index (χ0v) is 4.52. The molecule has 0 unspecified atom stereocenters. The lowest BCUT2D eigenvalue weighted by atomic mass is 10.5. The largest absolute Gasteiger partial charge is 0.338 e. The van der Waals surface area contributed by atoms with E-state index in [2.05, 4.69) is 4.99 Å². The van der Waals surface area contributed by atoms with Crippen LogP contribution >= 0.6 is 0 Å². The van der Waals surface area contributed by atoms with Crippen molar-refractivity contribution in [1.29, 1.82) is 5.26 Å². The van der Waals surface area contributed by atoms with Gasteiger partial charge in [0.15, 0.2) is 0 Å². The number of nitriles is 1. The standard InChI is InChI=1S/C4H8N4/c5-2-1-3-8-4(6)7/h1,3H2,(H4,6,7,8)/p+1. The number of nitrogens with two attached hydrogens (primary N) is 2. The van der Waals surface area contributed by atoms with Crippen LogP contribution in [0.15, 0.2) is 0 Å². The molecule has 0 amide bonds. The van der Waals surface area contributed by atoms with E-state index < -0.39 is 0 Å². The summed E-state index contributed by atoms with van der Waals surface area (Å²) in [5.41, 5.74) is 10.0. The van der Waals surface area contributed by atoms with E-state index in [4.69, 9.17) is 16.7 Å². The topological polar surface area (TPSA) is 89.8 Å². The highest BCUT2D eigenvalue weighted by atomic mass is 15.0. The molecule has 0 aliphatic carbocycles. The molecule has 0 aromatic carbocycles. The molecule has 4 heteroatoms. The molecule has 0 aromatic rings. The third-order valence-electron chi connectivity index (χ3n) is 0.566. The van der Waals surface area contributed by atoms with Crippen molar-refractivity contribution in [3.8, 4) is 6.07 Å². The van der Waals surface area contributed by atoms with E-state index in [-0.39, 0.29) is 5.96 Å². The molecule has 44 valence electrons. The van der Waals surface area contributed by atoms with Crippen LogP contribution in [0, 0.1) is 11.3 Å². The van der Waals surface area contributed by atoms with E-state index in [9.17, 15) is 0 Å². The number of rotatable bonds is 2. The molecule has 0 saturated carbocycles. The van der Waals surface area contributed by atoms with Gasteiger partial charge in [-0.15, -0.1) is 0 Å². The highest BCUT2D eigenvalue weighted by Crippen LogP contribution is 1.57. The van der Waals surface area contributed by atoms with Gasteiger partial charge in [-0.2, -0.15) is 5.26 Å². The lowest BCUT2D eigenvalue weighted by Crippen LogP contribution is -2.78. The maximum absolute atomic E-state index is 8.00. The SMILES string of the molecule is N#CCC[NH+]=C(N)N. The maximum atomic E-state index is 8.00. The van der Waals surface area contributed by atoms with Crippen LogP contribution in [0.1, 0.15) is 6.42 Å². The molecule has 0 rings (SSSR count). The molecule has 4 nitrogen and oxygen atoms in total. The summed E-state index contributed by atoms with van der Waals surface area (Å²) in [6.07, 6.45) is 0.428. The van der Waals surface area contributed by atoms with Crippen LogP contribution in [0.4, 0.5) is 0 Å². The zero-order valence-electron chi connectivity index (χ0n) is 4.52. The quantitative estimate of drug-likeness (QED) is 0.206. The molecule has 5 N–H and O–H groups in total. The molecular weight excluding hydrogens is 104 g/mol. The number of guanidine groups is 1. The van der Waals surface area contributed by atoms with Gasteiger partial charge in [0.25, 0.3) is 0 Å². The summed E-state index contributed by atoms with van der Waals surface area (Å²) in [7, 11) is 0. The first-order valence-corrected chi connectivity index (χ1v) is 2.26. The third kappa shape index (κ3) is 4.76. The van der Waals surface area contributed by atoms with Crippen molar-refractivity contribution in [2.24, 2.45) is 11.5 Å². The van der Waals surface area contributed by atoms with E-state index in [0.29, 0.717) is 13.0 Å². The van der Waals surface area contributed by atoms with Gasteiger partial charge in [-0.25, -0.2) is 0 Å². The van der Waals surface area contributed by atoms with Gasteiger partial charge >= 0.3 is 5.96 Å². The van der Waals surface area contributed by atoms with Gasteiger partial charge in [-0.05, 0) is 0 Å². The van der Waals surface area contributed by atoms with Gasteiger partial charge in [-0.1, -0.05) is 0 Å². The monoisotopic (exact) mass is 113 g/mol. The summed E-state index contributed by atoms with van der Waals surface area (Å²) in [5.74, 6) is 0.167. The smallest absolute Gasteiger partial charge is 0.291 e. The Balaban J connectivity index is 3.20. The Morgan fingerprint density at radius 3 is 2.62 bits per heavy atom. The minimum absolute atomic E-state index is 0.167. The fourth-order valence-corrected chi connectivity index (χ4v) is 0.263. The summed E-state index contributed by atoms with van der Waals surface area (Å²) in [6.45, 7) is 0.527. The summed E-state index contributed by atoms with van der Waals surface area (Å²) in [6, 6.07) is 1.94. The Kier molecular flexibility index (Phi) is 3.32.